The molecule has 2 amide bonds. The first kappa shape index (κ1) is 16.2. The van der Waals surface area contributed by atoms with Crippen molar-refractivity contribution in [2.45, 2.75) is 6.92 Å². The second-order valence-electron chi connectivity index (χ2n) is 4.80. The third kappa shape index (κ3) is 4.96. The summed E-state index contributed by atoms with van der Waals surface area (Å²) in [6.07, 6.45) is 1.43. The molecule has 0 atom stereocenters. The predicted octanol–water partition coefficient (Wildman–Crippen LogP) is 2.09. The van der Waals surface area contributed by atoms with Crippen LogP contribution in [0.3, 0.4) is 0 Å². The lowest BCUT2D eigenvalue weighted by atomic mass is 10.2. The van der Waals surface area contributed by atoms with E-state index in [1.165, 1.54) is 6.21 Å². The summed E-state index contributed by atoms with van der Waals surface area (Å²) in [4.78, 5) is 23.4. The fourth-order valence-corrected chi connectivity index (χ4v) is 1.76. The highest BCUT2D eigenvalue weighted by Crippen LogP contribution is 2.10. The molecule has 6 nitrogen and oxygen atoms in total. The van der Waals surface area contributed by atoms with E-state index in [9.17, 15) is 9.59 Å². The van der Waals surface area contributed by atoms with Crippen LogP contribution < -0.4 is 15.5 Å². The van der Waals surface area contributed by atoms with Gasteiger partial charge in [-0.3, -0.25) is 9.59 Å². The van der Waals surface area contributed by atoms with E-state index in [4.69, 9.17) is 4.74 Å². The number of anilines is 1. The van der Waals surface area contributed by atoms with E-state index in [1.807, 2.05) is 19.1 Å². The molecule has 0 fully saturated rings. The van der Waals surface area contributed by atoms with Gasteiger partial charge in [-0.15, -0.1) is 0 Å². The molecule has 2 aromatic carbocycles. The Morgan fingerprint density at radius 2 is 1.83 bits per heavy atom. The highest BCUT2D eigenvalue weighted by Gasteiger charge is 2.12. The van der Waals surface area contributed by atoms with Crippen molar-refractivity contribution in [2.24, 2.45) is 5.10 Å². The summed E-state index contributed by atoms with van der Waals surface area (Å²) in [7, 11) is 1.56. The van der Waals surface area contributed by atoms with Gasteiger partial charge in [-0.05, 0) is 36.8 Å². The van der Waals surface area contributed by atoms with Crippen molar-refractivity contribution >= 4 is 23.7 Å². The Hall–Kier alpha value is -3.15. The highest BCUT2D eigenvalue weighted by atomic mass is 16.5. The van der Waals surface area contributed by atoms with E-state index >= 15 is 0 Å². The normalized spacial score (nSPS) is 10.3. The Morgan fingerprint density at radius 1 is 1.09 bits per heavy atom. The molecule has 2 N–H and O–H groups in total. The lowest BCUT2D eigenvalue weighted by molar-refractivity contribution is -0.136. The molecule has 0 aliphatic carbocycles. The first-order valence-corrected chi connectivity index (χ1v) is 6.93. The van der Waals surface area contributed by atoms with Crippen LogP contribution in [0, 0.1) is 6.92 Å². The van der Waals surface area contributed by atoms with Gasteiger partial charge >= 0.3 is 11.8 Å². The van der Waals surface area contributed by atoms with E-state index in [2.05, 4.69) is 15.8 Å². The number of amides is 2. The van der Waals surface area contributed by atoms with Crippen LogP contribution in [0.25, 0.3) is 0 Å². The minimum atomic E-state index is -0.843. The fraction of sp³-hybridized carbons (Fsp3) is 0.118. The van der Waals surface area contributed by atoms with Gasteiger partial charge in [-0.25, -0.2) is 5.43 Å². The first-order chi connectivity index (χ1) is 11.1. The average Bonchev–Trinajstić information content (AvgIpc) is 2.57. The quantitative estimate of drug-likeness (QED) is 0.515. The summed E-state index contributed by atoms with van der Waals surface area (Å²) in [5.41, 5.74) is 4.53. The Balaban J connectivity index is 1.89. The van der Waals surface area contributed by atoms with Gasteiger partial charge < -0.3 is 10.1 Å². The molecule has 0 heterocycles. The molecule has 0 radical (unpaired) electrons. The van der Waals surface area contributed by atoms with Gasteiger partial charge in [0.1, 0.15) is 5.75 Å². The van der Waals surface area contributed by atoms with Gasteiger partial charge in [0.2, 0.25) is 0 Å². The minimum absolute atomic E-state index is 0.549. The van der Waals surface area contributed by atoms with Crippen LogP contribution >= 0.6 is 0 Å². The number of carbonyl (C=O) groups is 2. The molecule has 0 aromatic heterocycles. The maximum absolute atomic E-state index is 11.7. The van der Waals surface area contributed by atoms with E-state index in [1.54, 1.807) is 43.5 Å². The Bertz CT molecular complexity index is 724. The summed E-state index contributed by atoms with van der Waals surface area (Å²) in [6, 6.07) is 14.3. The number of aryl methyl sites for hydroxylation is 1. The molecule has 0 aliphatic heterocycles. The van der Waals surface area contributed by atoms with Crippen LogP contribution in [0.1, 0.15) is 11.1 Å². The third-order valence-electron chi connectivity index (χ3n) is 2.99. The van der Waals surface area contributed by atoms with Crippen LogP contribution in [0.4, 0.5) is 5.69 Å². The number of methoxy groups -OCH3 is 1. The molecule has 0 aliphatic rings. The summed E-state index contributed by atoms with van der Waals surface area (Å²) >= 11 is 0. The fourth-order valence-electron chi connectivity index (χ4n) is 1.76. The number of nitrogens with zero attached hydrogens (tertiary/aromatic N) is 1. The number of benzene rings is 2. The van der Waals surface area contributed by atoms with Gasteiger partial charge in [0, 0.05) is 5.69 Å². The van der Waals surface area contributed by atoms with Crippen LogP contribution in [-0.2, 0) is 9.59 Å². The zero-order valence-corrected chi connectivity index (χ0v) is 12.9. The summed E-state index contributed by atoms with van der Waals surface area (Å²) in [5.74, 6) is -0.946. The monoisotopic (exact) mass is 311 g/mol. The summed E-state index contributed by atoms with van der Waals surface area (Å²) < 4.78 is 5.08. The Labute approximate surface area is 134 Å². The molecule has 2 rings (SSSR count). The van der Waals surface area contributed by atoms with Crippen molar-refractivity contribution < 1.29 is 14.3 Å². The molecule has 0 spiro atoms. The second kappa shape index (κ2) is 7.74. The number of rotatable bonds is 4. The summed E-state index contributed by atoms with van der Waals surface area (Å²) in [5, 5.41) is 6.24. The summed E-state index contributed by atoms with van der Waals surface area (Å²) in [6.45, 7) is 1.94. The number of nitrogens with one attached hydrogen (secondary N) is 2. The zero-order valence-electron chi connectivity index (χ0n) is 12.9. The predicted molar refractivity (Wildman–Crippen MR) is 88.5 cm³/mol. The number of hydrazone groups is 1. The smallest absolute Gasteiger partial charge is 0.329 e. The molecule has 23 heavy (non-hydrogen) atoms. The number of hydrogen-bond acceptors (Lipinski definition) is 4. The highest BCUT2D eigenvalue weighted by molar-refractivity contribution is 6.39. The molecular formula is C17H17N3O3. The first-order valence-electron chi connectivity index (χ1n) is 6.93. The van der Waals surface area contributed by atoms with Gasteiger partial charge in [0.25, 0.3) is 0 Å². The topological polar surface area (TPSA) is 79.8 Å². The van der Waals surface area contributed by atoms with Gasteiger partial charge in [0.05, 0.1) is 13.3 Å². The van der Waals surface area contributed by atoms with Crippen molar-refractivity contribution in [1.82, 2.24) is 5.43 Å². The van der Waals surface area contributed by atoms with Crippen LogP contribution in [0.2, 0.25) is 0 Å². The van der Waals surface area contributed by atoms with Crippen LogP contribution in [-0.4, -0.2) is 25.1 Å². The van der Waals surface area contributed by atoms with Crippen molar-refractivity contribution in [1.29, 1.82) is 0 Å². The average molecular weight is 311 g/mol. The van der Waals surface area contributed by atoms with E-state index < -0.39 is 11.8 Å². The zero-order chi connectivity index (χ0) is 16.7. The second-order valence-corrected chi connectivity index (χ2v) is 4.80. The molecule has 0 saturated heterocycles. The van der Waals surface area contributed by atoms with Crippen molar-refractivity contribution in [3.05, 3.63) is 59.7 Å². The number of hydrogen-bond donors (Lipinski definition) is 2. The van der Waals surface area contributed by atoms with Gasteiger partial charge in [-0.1, -0.05) is 29.8 Å². The molecular weight excluding hydrogens is 294 g/mol. The van der Waals surface area contributed by atoms with Gasteiger partial charge in [0.15, 0.2) is 0 Å². The van der Waals surface area contributed by atoms with Crippen LogP contribution in [0.5, 0.6) is 5.75 Å². The maximum Gasteiger partial charge on any atom is 0.329 e. The minimum Gasteiger partial charge on any atom is -0.497 e. The van der Waals surface area contributed by atoms with Crippen molar-refractivity contribution in [3.63, 3.8) is 0 Å². The molecule has 0 unspecified atom stereocenters. The van der Waals surface area contributed by atoms with E-state index in [0.29, 0.717) is 11.4 Å². The number of carbonyl (C=O) groups excluding carboxylic acids is 2. The van der Waals surface area contributed by atoms with E-state index in [0.717, 1.165) is 11.1 Å². The Morgan fingerprint density at radius 3 is 2.52 bits per heavy atom. The largest absolute Gasteiger partial charge is 0.497 e. The molecule has 0 bridgehead atoms. The van der Waals surface area contributed by atoms with Crippen molar-refractivity contribution in [3.8, 4) is 5.75 Å². The SMILES string of the molecule is COc1cccc(/C=N/NC(=O)C(=O)Nc2ccc(C)cc2)c1. The molecule has 118 valence electrons. The van der Waals surface area contributed by atoms with Crippen molar-refractivity contribution in [2.75, 3.05) is 12.4 Å². The maximum atomic E-state index is 11.7. The molecule has 0 saturated carbocycles. The Kier molecular flexibility index (Phi) is 5.46. The van der Waals surface area contributed by atoms with E-state index in [-0.39, 0.29) is 0 Å². The molecule has 6 heteroatoms. The lowest BCUT2D eigenvalue weighted by Gasteiger charge is -2.04. The van der Waals surface area contributed by atoms with Gasteiger partial charge in [-0.2, -0.15) is 5.10 Å². The van der Waals surface area contributed by atoms with Crippen LogP contribution in [0.15, 0.2) is 53.6 Å². The number of ether oxygens (including phenoxy) is 1. The molecule has 2 aromatic rings. The third-order valence-corrected chi connectivity index (χ3v) is 2.99. The lowest BCUT2D eigenvalue weighted by Crippen LogP contribution is -2.32. The standard InChI is InChI=1S/C17H17N3O3/c1-12-6-8-14(9-7-12)19-16(21)17(22)20-18-11-13-4-3-5-15(10-13)23-2/h3-11H,1-2H3,(H,19,21)(H,20,22)/b18-11+.